The number of aromatic nitrogens is 3. The summed E-state index contributed by atoms with van der Waals surface area (Å²) in [7, 11) is 0. The van der Waals surface area contributed by atoms with Gasteiger partial charge in [0, 0.05) is 22.8 Å². The third-order valence-corrected chi connectivity index (χ3v) is 4.67. The Morgan fingerprint density at radius 2 is 2.21 bits per heavy atom. The quantitative estimate of drug-likeness (QED) is 0.714. The van der Waals surface area contributed by atoms with E-state index in [9.17, 15) is 4.79 Å². The van der Waals surface area contributed by atoms with Gasteiger partial charge in [0.1, 0.15) is 6.33 Å². The molecule has 0 radical (unpaired) electrons. The number of halogens is 1. The maximum Gasteiger partial charge on any atom is 0.404 e. The molecule has 0 unspecified atom stereocenters. The van der Waals surface area contributed by atoms with Crippen LogP contribution in [-0.2, 0) is 6.54 Å². The normalized spacial score (nSPS) is 14.0. The topological polar surface area (TPSA) is 79.5 Å². The van der Waals surface area contributed by atoms with Crippen LogP contribution in [0.25, 0.3) is 16.8 Å². The van der Waals surface area contributed by atoms with Gasteiger partial charge in [-0.3, -0.25) is 0 Å². The summed E-state index contributed by atoms with van der Waals surface area (Å²) in [6.07, 6.45) is 4.74. The molecule has 24 heavy (non-hydrogen) atoms. The van der Waals surface area contributed by atoms with Crippen molar-refractivity contribution in [2.45, 2.75) is 25.3 Å². The zero-order valence-corrected chi connectivity index (χ0v) is 14.3. The lowest BCUT2D eigenvalue weighted by Gasteiger charge is -2.12. The van der Waals surface area contributed by atoms with Gasteiger partial charge in [0.2, 0.25) is 0 Å². The van der Waals surface area contributed by atoms with E-state index in [2.05, 4.69) is 37.4 Å². The number of fused-ring (bicyclic) bond motifs is 1. The van der Waals surface area contributed by atoms with Crippen molar-refractivity contribution in [3.63, 3.8) is 0 Å². The minimum absolute atomic E-state index is 0.331. The van der Waals surface area contributed by atoms with Crippen molar-refractivity contribution in [1.29, 1.82) is 0 Å². The van der Waals surface area contributed by atoms with Gasteiger partial charge in [-0.15, -0.1) is 0 Å². The van der Waals surface area contributed by atoms with E-state index >= 15 is 0 Å². The van der Waals surface area contributed by atoms with Crippen LogP contribution in [0.2, 0.25) is 0 Å². The average Bonchev–Trinajstić information content (AvgIpc) is 3.33. The maximum absolute atomic E-state index is 10.8. The standard InChI is InChI=1S/C17H15BrN4O2/c18-13-6-15-16(20-9-21-22(15)8-13)11-3-4-12(7-19-17(23)24)14(5-11)10-1-2-10/h3-6,8-10,19H,1-2,7H2,(H,23,24). The molecule has 1 aliphatic carbocycles. The second-order valence-electron chi connectivity index (χ2n) is 5.94. The number of amides is 1. The molecule has 7 heteroatoms. The number of benzene rings is 1. The van der Waals surface area contributed by atoms with Gasteiger partial charge in [0.15, 0.2) is 0 Å². The number of rotatable bonds is 4. The molecule has 1 aromatic carbocycles. The number of nitrogens with one attached hydrogen (secondary N) is 1. The number of nitrogens with zero attached hydrogens (tertiary/aromatic N) is 3. The summed E-state index contributed by atoms with van der Waals surface area (Å²) in [5.74, 6) is 0.520. The molecule has 0 spiro atoms. The monoisotopic (exact) mass is 386 g/mol. The van der Waals surface area contributed by atoms with E-state index in [0.29, 0.717) is 12.5 Å². The summed E-state index contributed by atoms with van der Waals surface area (Å²) >= 11 is 3.47. The highest BCUT2D eigenvalue weighted by Gasteiger charge is 2.26. The largest absolute Gasteiger partial charge is 0.465 e. The molecule has 122 valence electrons. The van der Waals surface area contributed by atoms with E-state index < -0.39 is 6.09 Å². The van der Waals surface area contributed by atoms with Crippen LogP contribution >= 0.6 is 15.9 Å². The minimum atomic E-state index is -1.00. The fourth-order valence-electron chi connectivity index (χ4n) is 2.97. The van der Waals surface area contributed by atoms with Crippen molar-refractivity contribution in [3.05, 3.63) is 52.4 Å². The Morgan fingerprint density at radius 1 is 1.38 bits per heavy atom. The summed E-state index contributed by atoms with van der Waals surface area (Å²) in [4.78, 5) is 15.2. The Bertz CT molecular complexity index is 933. The van der Waals surface area contributed by atoms with Crippen molar-refractivity contribution >= 4 is 27.5 Å². The molecule has 0 aliphatic heterocycles. The smallest absolute Gasteiger partial charge is 0.404 e. The van der Waals surface area contributed by atoms with Crippen LogP contribution in [0.15, 0.2) is 41.3 Å². The van der Waals surface area contributed by atoms with E-state index in [0.717, 1.165) is 39.7 Å². The van der Waals surface area contributed by atoms with Gasteiger partial charge in [-0.2, -0.15) is 5.10 Å². The van der Waals surface area contributed by atoms with Crippen molar-refractivity contribution in [3.8, 4) is 11.3 Å². The molecule has 1 fully saturated rings. The van der Waals surface area contributed by atoms with Gasteiger partial charge in [0.25, 0.3) is 0 Å². The lowest BCUT2D eigenvalue weighted by atomic mass is 9.98. The molecule has 2 aromatic heterocycles. The van der Waals surface area contributed by atoms with Gasteiger partial charge in [-0.1, -0.05) is 12.1 Å². The number of carboxylic acid groups (broad SMARTS) is 1. The lowest BCUT2D eigenvalue weighted by molar-refractivity contribution is 0.194. The molecule has 2 N–H and O–H groups in total. The Labute approximate surface area is 146 Å². The Hall–Kier alpha value is -2.41. The van der Waals surface area contributed by atoms with Gasteiger partial charge in [-0.25, -0.2) is 14.3 Å². The molecule has 1 amide bonds. The first-order valence-corrected chi connectivity index (χ1v) is 8.50. The number of carbonyl (C=O) groups is 1. The SMILES string of the molecule is O=C(O)NCc1ccc(-c2ncnn3cc(Br)cc23)cc1C1CC1. The predicted molar refractivity (Wildman–Crippen MR) is 93.0 cm³/mol. The maximum atomic E-state index is 10.8. The summed E-state index contributed by atoms with van der Waals surface area (Å²) in [5.41, 5.74) is 5.07. The highest BCUT2D eigenvalue weighted by molar-refractivity contribution is 9.10. The minimum Gasteiger partial charge on any atom is -0.465 e. The van der Waals surface area contributed by atoms with E-state index in [1.807, 2.05) is 24.4 Å². The van der Waals surface area contributed by atoms with Gasteiger partial charge in [-0.05, 0) is 57.9 Å². The average molecular weight is 387 g/mol. The highest BCUT2D eigenvalue weighted by atomic mass is 79.9. The van der Waals surface area contributed by atoms with Crippen LogP contribution in [0.3, 0.4) is 0 Å². The number of hydrogen-bond donors (Lipinski definition) is 2. The third kappa shape index (κ3) is 2.87. The fourth-order valence-corrected chi connectivity index (χ4v) is 3.38. The van der Waals surface area contributed by atoms with Crippen molar-refractivity contribution < 1.29 is 9.90 Å². The van der Waals surface area contributed by atoms with E-state index in [1.54, 1.807) is 10.8 Å². The Kier molecular flexibility index (Phi) is 3.72. The van der Waals surface area contributed by atoms with E-state index in [1.165, 1.54) is 5.56 Å². The van der Waals surface area contributed by atoms with E-state index in [-0.39, 0.29) is 0 Å². The lowest BCUT2D eigenvalue weighted by Crippen LogP contribution is -2.20. The van der Waals surface area contributed by atoms with Crippen LogP contribution in [0.4, 0.5) is 4.79 Å². The zero-order chi connectivity index (χ0) is 16.7. The van der Waals surface area contributed by atoms with Crippen molar-refractivity contribution in [2.75, 3.05) is 0 Å². The highest BCUT2D eigenvalue weighted by Crippen LogP contribution is 2.43. The predicted octanol–water partition coefficient (Wildman–Crippen LogP) is 3.80. The van der Waals surface area contributed by atoms with Crippen molar-refractivity contribution in [1.82, 2.24) is 19.9 Å². The summed E-state index contributed by atoms with van der Waals surface area (Å²) < 4.78 is 2.75. The molecular weight excluding hydrogens is 372 g/mol. The van der Waals surface area contributed by atoms with Crippen LogP contribution in [0.1, 0.15) is 29.9 Å². The summed E-state index contributed by atoms with van der Waals surface area (Å²) in [6.45, 7) is 0.331. The van der Waals surface area contributed by atoms with Crippen LogP contribution < -0.4 is 5.32 Å². The third-order valence-electron chi connectivity index (χ3n) is 4.24. The first-order chi connectivity index (χ1) is 11.6. The van der Waals surface area contributed by atoms with Crippen LogP contribution in [0.5, 0.6) is 0 Å². The molecule has 2 heterocycles. The van der Waals surface area contributed by atoms with Crippen LogP contribution in [-0.4, -0.2) is 25.8 Å². The summed E-state index contributed by atoms with van der Waals surface area (Å²) in [5, 5.41) is 15.5. The second-order valence-corrected chi connectivity index (χ2v) is 6.86. The molecule has 3 aromatic rings. The molecule has 0 atom stereocenters. The molecule has 1 aliphatic rings. The Balaban J connectivity index is 1.78. The molecular formula is C17H15BrN4O2. The van der Waals surface area contributed by atoms with Crippen molar-refractivity contribution in [2.24, 2.45) is 0 Å². The molecule has 0 saturated heterocycles. The Morgan fingerprint density at radius 3 is 2.96 bits per heavy atom. The first kappa shape index (κ1) is 15.1. The van der Waals surface area contributed by atoms with Gasteiger partial charge < -0.3 is 10.4 Å². The number of hydrogen-bond acceptors (Lipinski definition) is 3. The van der Waals surface area contributed by atoms with Crippen LogP contribution in [0, 0.1) is 0 Å². The molecule has 4 rings (SSSR count). The zero-order valence-electron chi connectivity index (χ0n) is 12.7. The molecule has 0 bridgehead atoms. The first-order valence-electron chi connectivity index (χ1n) is 7.70. The summed E-state index contributed by atoms with van der Waals surface area (Å²) in [6, 6.07) is 8.12. The second kappa shape index (κ2) is 5.90. The molecule has 6 nitrogen and oxygen atoms in total. The van der Waals surface area contributed by atoms with Gasteiger partial charge >= 0.3 is 6.09 Å². The van der Waals surface area contributed by atoms with E-state index in [4.69, 9.17) is 5.11 Å². The molecule has 1 saturated carbocycles. The fraction of sp³-hybridized carbons (Fsp3) is 0.235. The van der Waals surface area contributed by atoms with Gasteiger partial charge in [0.05, 0.1) is 11.2 Å².